The molecule has 5 nitrogen and oxygen atoms in total. The van der Waals surface area contributed by atoms with E-state index in [0.717, 1.165) is 50.5 Å². The van der Waals surface area contributed by atoms with Crippen molar-refractivity contribution in [2.45, 2.75) is 18.5 Å². The number of carbonyl (C=O) groups excluding carboxylic acids is 1. The number of benzene rings is 1. The summed E-state index contributed by atoms with van der Waals surface area (Å²) in [5.41, 5.74) is 1.10. The van der Waals surface area contributed by atoms with Crippen LogP contribution < -0.4 is 5.32 Å². The van der Waals surface area contributed by atoms with Gasteiger partial charge in [0.05, 0.1) is 6.07 Å². The fraction of sp³-hybridized carbons (Fsp3) is 0.556. The molecule has 24 heavy (non-hydrogen) atoms. The number of likely N-dealkylation sites (N-methyl/N-ethyl adjacent to an activating group) is 1. The zero-order chi connectivity index (χ0) is 17.0. The van der Waals surface area contributed by atoms with Gasteiger partial charge >= 0.3 is 0 Å². The van der Waals surface area contributed by atoms with Crippen LogP contribution in [0.4, 0.5) is 0 Å². The van der Waals surface area contributed by atoms with Crippen LogP contribution >= 0.6 is 11.8 Å². The third kappa shape index (κ3) is 4.10. The normalized spacial score (nSPS) is 25.3. The predicted octanol–water partition coefficient (Wildman–Crippen LogP) is 1.56. The highest BCUT2D eigenvalue weighted by atomic mass is 32.2. The highest BCUT2D eigenvalue weighted by Gasteiger charge is 2.36. The quantitative estimate of drug-likeness (QED) is 0.898. The summed E-state index contributed by atoms with van der Waals surface area (Å²) in [4.78, 5) is 17.3. The minimum atomic E-state index is -0.699. The second-order valence-corrected chi connectivity index (χ2v) is 7.84. The summed E-state index contributed by atoms with van der Waals surface area (Å²) in [7, 11) is 2.15. The van der Waals surface area contributed by atoms with Crippen LogP contribution in [0.5, 0.6) is 0 Å². The number of thioether (sulfide) groups is 1. The largest absolute Gasteiger partial charge is 0.333 e. The number of rotatable bonds is 4. The van der Waals surface area contributed by atoms with Gasteiger partial charge in [-0.15, -0.1) is 0 Å². The number of nitriles is 1. The maximum atomic E-state index is 12.6. The Balaban J connectivity index is 1.64. The molecule has 128 valence electrons. The number of piperazine rings is 1. The lowest BCUT2D eigenvalue weighted by molar-refractivity contribution is 0.0926. The van der Waals surface area contributed by atoms with Crippen molar-refractivity contribution in [2.24, 2.45) is 0 Å². The molecule has 0 spiro atoms. The fourth-order valence-electron chi connectivity index (χ4n) is 3.14. The topological polar surface area (TPSA) is 59.4 Å². The number of amides is 1. The number of hydrogen-bond donors (Lipinski definition) is 1. The van der Waals surface area contributed by atoms with Crippen molar-refractivity contribution in [3.8, 4) is 6.07 Å². The number of carbonyl (C=O) groups is 1. The summed E-state index contributed by atoms with van der Waals surface area (Å²) in [6.07, 6.45) is 0.723. The Hall–Kier alpha value is -1.55. The molecule has 0 saturated carbocycles. The summed E-state index contributed by atoms with van der Waals surface area (Å²) in [6, 6.07) is 10.1. The average molecular weight is 344 g/mol. The maximum absolute atomic E-state index is 12.6. The van der Waals surface area contributed by atoms with Gasteiger partial charge in [-0.05, 0) is 36.9 Å². The lowest BCUT2D eigenvalue weighted by Crippen LogP contribution is -2.47. The molecule has 2 heterocycles. The van der Waals surface area contributed by atoms with E-state index in [2.05, 4.69) is 34.3 Å². The standard InChI is InChI=1S/C18H24N4OS/c1-21-6-8-22(9-7-21)12-15-3-2-4-16(11-15)17(23)20-18(13-19)5-10-24-14-18/h2-4,11H,5-10,12,14H2,1H3,(H,20,23)/t18-/m0/s1. The molecule has 2 saturated heterocycles. The molecule has 1 aromatic rings. The third-order valence-corrected chi connectivity index (χ3v) is 5.97. The monoisotopic (exact) mass is 344 g/mol. The van der Waals surface area contributed by atoms with Crippen LogP contribution in [0.3, 0.4) is 0 Å². The predicted molar refractivity (Wildman–Crippen MR) is 97.0 cm³/mol. The Morgan fingerprint density at radius 1 is 1.38 bits per heavy atom. The van der Waals surface area contributed by atoms with E-state index in [-0.39, 0.29) is 5.91 Å². The van der Waals surface area contributed by atoms with Crippen molar-refractivity contribution >= 4 is 17.7 Å². The summed E-state index contributed by atoms with van der Waals surface area (Å²) in [6.45, 7) is 5.16. The van der Waals surface area contributed by atoms with Crippen molar-refractivity contribution in [3.63, 3.8) is 0 Å². The van der Waals surface area contributed by atoms with Gasteiger partial charge in [0.25, 0.3) is 5.91 Å². The van der Waals surface area contributed by atoms with Gasteiger partial charge in [-0.1, -0.05) is 12.1 Å². The average Bonchev–Trinajstić information content (AvgIpc) is 3.06. The molecule has 1 aromatic carbocycles. The van der Waals surface area contributed by atoms with Gasteiger partial charge in [0.15, 0.2) is 0 Å². The zero-order valence-electron chi connectivity index (χ0n) is 14.1. The van der Waals surface area contributed by atoms with E-state index in [9.17, 15) is 10.1 Å². The molecule has 1 atom stereocenters. The molecule has 0 bridgehead atoms. The van der Waals surface area contributed by atoms with Gasteiger partial charge in [0.2, 0.25) is 0 Å². The first-order valence-electron chi connectivity index (χ1n) is 8.42. The Morgan fingerprint density at radius 2 is 2.17 bits per heavy atom. The van der Waals surface area contributed by atoms with Crippen LogP contribution in [0.2, 0.25) is 0 Å². The minimum absolute atomic E-state index is 0.140. The summed E-state index contributed by atoms with van der Waals surface area (Å²) in [5.74, 6) is 1.47. The van der Waals surface area contributed by atoms with E-state index in [1.54, 1.807) is 11.8 Å². The number of hydrogen-bond acceptors (Lipinski definition) is 5. The van der Waals surface area contributed by atoms with Crippen molar-refractivity contribution in [1.29, 1.82) is 5.26 Å². The lowest BCUT2D eigenvalue weighted by Gasteiger charge is -2.32. The first-order chi connectivity index (χ1) is 11.6. The first kappa shape index (κ1) is 17.3. The van der Waals surface area contributed by atoms with Gasteiger partial charge in [0.1, 0.15) is 5.54 Å². The Bertz CT molecular complexity index is 628. The van der Waals surface area contributed by atoms with E-state index in [1.807, 2.05) is 18.2 Å². The smallest absolute Gasteiger partial charge is 0.252 e. The zero-order valence-corrected chi connectivity index (χ0v) is 14.9. The SMILES string of the molecule is CN1CCN(Cc2cccc(C(=O)N[C@]3(C#N)CCSC3)c2)CC1. The van der Waals surface area contributed by atoms with Crippen LogP contribution in [0.25, 0.3) is 0 Å². The van der Waals surface area contributed by atoms with Crippen molar-refractivity contribution in [3.05, 3.63) is 35.4 Å². The molecule has 1 amide bonds. The Labute approximate surface area is 148 Å². The van der Waals surface area contributed by atoms with Gasteiger partial charge in [-0.25, -0.2) is 0 Å². The van der Waals surface area contributed by atoms with E-state index >= 15 is 0 Å². The van der Waals surface area contributed by atoms with Crippen molar-refractivity contribution in [1.82, 2.24) is 15.1 Å². The summed E-state index contributed by atoms with van der Waals surface area (Å²) < 4.78 is 0. The van der Waals surface area contributed by atoms with Crippen LogP contribution in [0.1, 0.15) is 22.3 Å². The molecule has 0 unspecified atom stereocenters. The Morgan fingerprint density at radius 3 is 2.83 bits per heavy atom. The highest BCUT2D eigenvalue weighted by molar-refractivity contribution is 7.99. The highest BCUT2D eigenvalue weighted by Crippen LogP contribution is 2.27. The number of nitrogens with zero attached hydrogens (tertiary/aromatic N) is 3. The molecule has 6 heteroatoms. The Kier molecular flexibility index (Phi) is 5.44. The molecule has 2 aliphatic heterocycles. The van der Waals surface area contributed by atoms with Crippen LogP contribution in [-0.4, -0.2) is 66.0 Å². The van der Waals surface area contributed by atoms with Crippen LogP contribution in [-0.2, 0) is 6.54 Å². The van der Waals surface area contributed by atoms with E-state index in [0.29, 0.717) is 11.3 Å². The maximum Gasteiger partial charge on any atom is 0.252 e. The van der Waals surface area contributed by atoms with E-state index < -0.39 is 5.54 Å². The van der Waals surface area contributed by atoms with Crippen LogP contribution in [0, 0.1) is 11.3 Å². The van der Waals surface area contributed by atoms with Crippen LogP contribution in [0.15, 0.2) is 24.3 Å². The fourth-order valence-corrected chi connectivity index (χ4v) is 4.41. The molecule has 0 aromatic heterocycles. The van der Waals surface area contributed by atoms with Gasteiger partial charge < -0.3 is 10.2 Å². The molecule has 2 aliphatic rings. The van der Waals surface area contributed by atoms with Gasteiger partial charge in [-0.3, -0.25) is 9.69 Å². The molecule has 0 aliphatic carbocycles. The molecular weight excluding hydrogens is 320 g/mol. The number of nitrogens with one attached hydrogen (secondary N) is 1. The lowest BCUT2D eigenvalue weighted by atomic mass is 10.00. The molecule has 2 fully saturated rings. The second kappa shape index (κ2) is 7.56. The molecule has 1 N–H and O–H groups in total. The molecular formula is C18H24N4OS. The van der Waals surface area contributed by atoms with Crippen molar-refractivity contribution in [2.75, 3.05) is 44.7 Å². The summed E-state index contributed by atoms with van der Waals surface area (Å²) >= 11 is 1.72. The van der Waals surface area contributed by atoms with E-state index in [1.165, 1.54) is 0 Å². The molecule has 3 rings (SSSR count). The third-order valence-electron chi connectivity index (χ3n) is 4.78. The van der Waals surface area contributed by atoms with E-state index in [4.69, 9.17) is 0 Å². The van der Waals surface area contributed by atoms with Gasteiger partial charge in [0, 0.05) is 44.0 Å². The first-order valence-corrected chi connectivity index (χ1v) is 9.57. The van der Waals surface area contributed by atoms with Crippen molar-refractivity contribution < 1.29 is 4.79 Å². The van der Waals surface area contributed by atoms with Gasteiger partial charge in [-0.2, -0.15) is 17.0 Å². The molecule has 0 radical (unpaired) electrons. The second-order valence-electron chi connectivity index (χ2n) is 6.73. The summed E-state index contributed by atoms with van der Waals surface area (Å²) in [5, 5.41) is 12.4. The minimum Gasteiger partial charge on any atom is -0.333 e.